The van der Waals surface area contributed by atoms with E-state index in [1.807, 2.05) is 31.2 Å². The number of rotatable bonds is 5. The second-order valence-corrected chi connectivity index (χ2v) is 5.84. The van der Waals surface area contributed by atoms with Gasteiger partial charge in [0.15, 0.2) is 0 Å². The molecule has 0 radical (unpaired) electrons. The van der Waals surface area contributed by atoms with Gasteiger partial charge in [0.05, 0.1) is 18.7 Å². The standard InChI is InChI=1S/C18H17ClN2O3/c1-2-24-15-8-6-13(7-9-15)20-16-11-17(22)21(18(16)23)14-5-3-4-12(19)10-14/h3-10,16,20H,2,11H2,1H3/t16-/m1/s1. The van der Waals surface area contributed by atoms with Crippen LogP contribution < -0.4 is 15.0 Å². The predicted molar refractivity (Wildman–Crippen MR) is 93.6 cm³/mol. The number of benzene rings is 2. The van der Waals surface area contributed by atoms with Crippen molar-refractivity contribution < 1.29 is 14.3 Å². The van der Waals surface area contributed by atoms with Gasteiger partial charge in [-0.25, -0.2) is 4.90 Å². The third-order valence-electron chi connectivity index (χ3n) is 3.72. The molecule has 124 valence electrons. The van der Waals surface area contributed by atoms with E-state index < -0.39 is 6.04 Å². The molecule has 0 aliphatic carbocycles. The van der Waals surface area contributed by atoms with E-state index in [2.05, 4.69) is 5.32 Å². The molecule has 24 heavy (non-hydrogen) atoms. The summed E-state index contributed by atoms with van der Waals surface area (Å²) in [5.41, 5.74) is 1.26. The highest BCUT2D eigenvalue weighted by Gasteiger charge is 2.39. The fraction of sp³-hybridized carbons (Fsp3) is 0.222. The summed E-state index contributed by atoms with van der Waals surface area (Å²) in [4.78, 5) is 26.0. The predicted octanol–water partition coefficient (Wildman–Crippen LogP) is 3.48. The Morgan fingerprint density at radius 2 is 1.96 bits per heavy atom. The Bertz CT molecular complexity index is 761. The van der Waals surface area contributed by atoms with Crippen LogP contribution in [0.15, 0.2) is 48.5 Å². The number of nitrogens with one attached hydrogen (secondary N) is 1. The van der Waals surface area contributed by atoms with Crippen LogP contribution in [-0.2, 0) is 9.59 Å². The first-order valence-corrected chi connectivity index (χ1v) is 8.08. The molecule has 1 N–H and O–H groups in total. The summed E-state index contributed by atoms with van der Waals surface area (Å²) < 4.78 is 5.39. The Morgan fingerprint density at radius 1 is 1.21 bits per heavy atom. The Hall–Kier alpha value is -2.53. The maximum Gasteiger partial charge on any atom is 0.256 e. The van der Waals surface area contributed by atoms with Gasteiger partial charge >= 0.3 is 0 Å². The van der Waals surface area contributed by atoms with Gasteiger partial charge in [-0.05, 0) is 49.4 Å². The van der Waals surface area contributed by atoms with E-state index in [1.54, 1.807) is 24.3 Å². The maximum atomic E-state index is 12.6. The van der Waals surface area contributed by atoms with E-state index in [4.69, 9.17) is 16.3 Å². The zero-order valence-corrected chi connectivity index (χ0v) is 13.9. The zero-order valence-electron chi connectivity index (χ0n) is 13.2. The summed E-state index contributed by atoms with van der Waals surface area (Å²) in [7, 11) is 0. The van der Waals surface area contributed by atoms with Crippen molar-refractivity contribution in [1.82, 2.24) is 0 Å². The lowest BCUT2D eigenvalue weighted by molar-refractivity contribution is -0.121. The van der Waals surface area contributed by atoms with Crippen molar-refractivity contribution in [1.29, 1.82) is 0 Å². The summed E-state index contributed by atoms with van der Waals surface area (Å²) in [5.74, 6) is 0.235. The average Bonchev–Trinajstić information content (AvgIpc) is 2.83. The van der Waals surface area contributed by atoms with Crippen molar-refractivity contribution in [2.75, 3.05) is 16.8 Å². The highest BCUT2D eigenvalue weighted by molar-refractivity contribution is 6.31. The van der Waals surface area contributed by atoms with Gasteiger partial charge in [0.2, 0.25) is 5.91 Å². The number of carbonyl (C=O) groups is 2. The molecular weight excluding hydrogens is 328 g/mol. The highest BCUT2D eigenvalue weighted by Crippen LogP contribution is 2.27. The van der Waals surface area contributed by atoms with Crippen LogP contribution >= 0.6 is 11.6 Å². The minimum Gasteiger partial charge on any atom is -0.494 e. The summed E-state index contributed by atoms with van der Waals surface area (Å²) in [6, 6.07) is 13.4. The van der Waals surface area contributed by atoms with Gasteiger partial charge in [-0.15, -0.1) is 0 Å². The minimum atomic E-state index is -0.588. The molecule has 1 aliphatic heterocycles. The third kappa shape index (κ3) is 3.36. The molecule has 1 atom stereocenters. The SMILES string of the molecule is CCOc1ccc(N[C@@H]2CC(=O)N(c3cccc(Cl)c3)C2=O)cc1. The summed E-state index contributed by atoms with van der Waals surface area (Å²) in [6.45, 7) is 2.51. The summed E-state index contributed by atoms with van der Waals surface area (Å²) in [6.07, 6.45) is 0.110. The van der Waals surface area contributed by atoms with Crippen molar-refractivity contribution in [3.8, 4) is 5.75 Å². The molecule has 0 spiro atoms. The van der Waals surface area contributed by atoms with Gasteiger partial charge in [-0.3, -0.25) is 9.59 Å². The van der Waals surface area contributed by atoms with Crippen molar-refractivity contribution in [3.63, 3.8) is 0 Å². The number of halogens is 1. The molecule has 5 nitrogen and oxygen atoms in total. The van der Waals surface area contributed by atoms with E-state index in [1.165, 1.54) is 4.90 Å². The van der Waals surface area contributed by atoms with E-state index in [0.717, 1.165) is 11.4 Å². The lowest BCUT2D eigenvalue weighted by Gasteiger charge is -2.16. The molecule has 1 saturated heterocycles. The molecule has 6 heteroatoms. The number of nitrogens with zero attached hydrogens (tertiary/aromatic N) is 1. The van der Waals surface area contributed by atoms with E-state index in [9.17, 15) is 9.59 Å². The van der Waals surface area contributed by atoms with Crippen molar-refractivity contribution >= 4 is 34.8 Å². The van der Waals surface area contributed by atoms with Crippen molar-refractivity contribution in [2.24, 2.45) is 0 Å². The van der Waals surface area contributed by atoms with Gasteiger partial charge in [-0.2, -0.15) is 0 Å². The molecule has 1 heterocycles. The van der Waals surface area contributed by atoms with Crippen LogP contribution in [0.1, 0.15) is 13.3 Å². The van der Waals surface area contributed by atoms with Gasteiger partial charge in [0, 0.05) is 10.7 Å². The first-order chi connectivity index (χ1) is 11.6. The van der Waals surface area contributed by atoms with Crippen molar-refractivity contribution in [3.05, 3.63) is 53.6 Å². The van der Waals surface area contributed by atoms with Gasteiger partial charge in [0.1, 0.15) is 11.8 Å². The first-order valence-electron chi connectivity index (χ1n) is 7.70. The molecule has 1 fully saturated rings. The quantitative estimate of drug-likeness (QED) is 0.844. The summed E-state index contributed by atoms with van der Waals surface area (Å²) >= 11 is 5.95. The second-order valence-electron chi connectivity index (χ2n) is 5.41. The number of amides is 2. The molecule has 2 amide bonds. The highest BCUT2D eigenvalue weighted by atomic mass is 35.5. The number of imide groups is 1. The average molecular weight is 345 g/mol. The molecule has 0 aromatic heterocycles. The Kier molecular flexibility index (Phi) is 4.71. The van der Waals surface area contributed by atoms with Crippen LogP contribution in [0.25, 0.3) is 0 Å². The number of anilines is 2. The van der Waals surface area contributed by atoms with E-state index in [-0.39, 0.29) is 18.2 Å². The third-order valence-corrected chi connectivity index (χ3v) is 3.95. The molecule has 1 aliphatic rings. The fourth-order valence-corrected chi connectivity index (χ4v) is 2.83. The Labute approximate surface area is 145 Å². The normalized spacial score (nSPS) is 17.2. The number of carbonyl (C=O) groups excluding carboxylic acids is 2. The fourth-order valence-electron chi connectivity index (χ4n) is 2.65. The summed E-state index contributed by atoms with van der Waals surface area (Å²) in [5, 5.41) is 3.59. The maximum absolute atomic E-state index is 12.6. The molecular formula is C18H17ClN2O3. The first kappa shape index (κ1) is 16.3. The number of hydrogen-bond donors (Lipinski definition) is 1. The van der Waals surface area contributed by atoms with E-state index >= 15 is 0 Å². The van der Waals surface area contributed by atoms with Crippen LogP contribution in [-0.4, -0.2) is 24.5 Å². The van der Waals surface area contributed by atoms with Crippen LogP contribution in [0.3, 0.4) is 0 Å². The van der Waals surface area contributed by atoms with E-state index in [0.29, 0.717) is 17.3 Å². The topological polar surface area (TPSA) is 58.6 Å². The van der Waals surface area contributed by atoms with Crippen LogP contribution in [0.4, 0.5) is 11.4 Å². The number of hydrogen-bond acceptors (Lipinski definition) is 4. The molecule has 0 unspecified atom stereocenters. The van der Waals surface area contributed by atoms with Crippen LogP contribution in [0, 0.1) is 0 Å². The molecule has 3 rings (SSSR count). The zero-order chi connectivity index (χ0) is 17.1. The largest absolute Gasteiger partial charge is 0.494 e. The van der Waals surface area contributed by atoms with Gasteiger partial charge < -0.3 is 10.1 Å². The Morgan fingerprint density at radius 3 is 2.62 bits per heavy atom. The minimum absolute atomic E-state index is 0.110. The lowest BCUT2D eigenvalue weighted by Crippen LogP contribution is -2.34. The monoisotopic (exact) mass is 344 g/mol. The van der Waals surface area contributed by atoms with Crippen LogP contribution in [0.2, 0.25) is 5.02 Å². The number of ether oxygens (including phenoxy) is 1. The smallest absolute Gasteiger partial charge is 0.256 e. The molecule has 2 aromatic rings. The molecule has 0 bridgehead atoms. The lowest BCUT2D eigenvalue weighted by atomic mass is 10.2. The molecule has 2 aromatic carbocycles. The Balaban J connectivity index is 1.74. The second kappa shape index (κ2) is 6.93. The van der Waals surface area contributed by atoms with Crippen LogP contribution in [0.5, 0.6) is 5.75 Å². The molecule has 0 saturated carbocycles. The van der Waals surface area contributed by atoms with Gasteiger partial charge in [-0.1, -0.05) is 17.7 Å². The van der Waals surface area contributed by atoms with Gasteiger partial charge in [0.25, 0.3) is 5.91 Å². The van der Waals surface area contributed by atoms with Crippen molar-refractivity contribution in [2.45, 2.75) is 19.4 Å².